The van der Waals surface area contributed by atoms with Gasteiger partial charge in [0.1, 0.15) is 0 Å². The van der Waals surface area contributed by atoms with E-state index in [9.17, 15) is 13.2 Å². The quantitative estimate of drug-likeness (QED) is 0.793. The monoisotopic (exact) mass is 226 g/mol. The Morgan fingerprint density at radius 1 is 1.19 bits per heavy atom. The Morgan fingerprint density at radius 3 is 2.44 bits per heavy atom. The van der Waals surface area contributed by atoms with Crippen molar-refractivity contribution in [1.29, 1.82) is 0 Å². The highest BCUT2D eigenvalue weighted by molar-refractivity contribution is 5.63. The van der Waals surface area contributed by atoms with Gasteiger partial charge in [0.15, 0.2) is 0 Å². The van der Waals surface area contributed by atoms with Crippen LogP contribution >= 0.6 is 0 Å². The van der Waals surface area contributed by atoms with E-state index in [0.717, 1.165) is 17.7 Å². The van der Waals surface area contributed by atoms with Crippen molar-refractivity contribution in [3.8, 4) is 11.3 Å². The number of benzene rings is 1. The van der Waals surface area contributed by atoms with Gasteiger partial charge in [0.25, 0.3) is 0 Å². The minimum absolute atomic E-state index is 0.569. The third-order valence-corrected chi connectivity index (χ3v) is 2.34. The number of hydrogen-bond acceptors (Lipinski definition) is 1. The molecule has 0 aliphatic rings. The van der Waals surface area contributed by atoms with E-state index in [-0.39, 0.29) is 0 Å². The first-order valence-corrected chi connectivity index (χ1v) is 4.66. The topological polar surface area (TPSA) is 28.7 Å². The molecule has 0 aliphatic carbocycles. The summed E-state index contributed by atoms with van der Waals surface area (Å²) in [5, 5.41) is 6.48. The summed E-state index contributed by atoms with van der Waals surface area (Å²) >= 11 is 0. The van der Waals surface area contributed by atoms with Gasteiger partial charge in [-0.3, -0.25) is 5.10 Å². The summed E-state index contributed by atoms with van der Waals surface area (Å²) in [4.78, 5) is 0. The highest BCUT2D eigenvalue weighted by Gasteiger charge is 2.30. The van der Waals surface area contributed by atoms with Gasteiger partial charge in [-0.15, -0.1) is 0 Å². The van der Waals surface area contributed by atoms with Gasteiger partial charge in [-0.05, 0) is 30.7 Å². The van der Waals surface area contributed by atoms with Crippen LogP contribution in [0.2, 0.25) is 0 Å². The molecule has 0 fully saturated rings. The number of alkyl halides is 3. The Morgan fingerprint density at radius 2 is 1.94 bits per heavy atom. The van der Waals surface area contributed by atoms with E-state index in [1.165, 1.54) is 6.07 Å². The first kappa shape index (κ1) is 10.7. The molecule has 0 radical (unpaired) electrons. The van der Waals surface area contributed by atoms with Crippen LogP contribution in [-0.4, -0.2) is 10.2 Å². The number of aryl methyl sites for hydroxylation is 1. The molecule has 16 heavy (non-hydrogen) atoms. The second-order valence-electron chi connectivity index (χ2n) is 3.50. The number of aromatic amines is 1. The van der Waals surface area contributed by atoms with Crippen LogP contribution in [0.3, 0.4) is 0 Å². The third-order valence-electron chi connectivity index (χ3n) is 2.34. The first-order chi connectivity index (χ1) is 7.48. The lowest BCUT2D eigenvalue weighted by Gasteiger charge is -2.09. The van der Waals surface area contributed by atoms with Crippen molar-refractivity contribution >= 4 is 0 Å². The molecule has 5 heteroatoms. The minimum Gasteiger partial charge on any atom is -0.278 e. The van der Waals surface area contributed by atoms with Crippen molar-refractivity contribution < 1.29 is 13.2 Å². The molecule has 1 aromatic carbocycles. The van der Waals surface area contributed by atoms with Gasteiger partial charge in [0.05, 0.1) is 11.3 Å². The average molecular weight is 226 g/mol. The van der Waals surface area contributed by atoms with Crippen molar-refractivity contribution in [3.05, 3.63) is 41.6 Å². The molecule has 2 aromatic rings. The summed E-state index contributed by atoms with van der Waals surface area (Å²) in [6.45, 7) is 1.64. The van der Waals surface area contributed by atoms with Gasteiger partial charge >= 0.3 is 6.18 Å². The molecule has 1 heterocycles. The molecule has 0 atom stereocenters. The maximum absolute atomic E-state index is 12.4. The zero-order chi connectivity index (χ0) is 11.8. The van der Waals surface area contributed by atoms with Crippen LogP contribution in [0, 0.1) is 6.92 Å². The first-order valence-electron chi connectivity index (χ1n) is 4.66. The Balaban J connectivity index is 2.46. The molecule has 0 saturated heterocycles. The van der Waals surface area contributed by atoms with Crippen LogP contribution in [-0.2, 0) is 6.18 Å². The van der Waals surface area contributed by atoms with Crippen molar-refractivity contribution in [3.63, 3.8) is 0 Å². The van der Waals surface area contributed by atoms with Crippen LogP contribution in [0.25, 0.3) is 11.3 Å². The smallest absolute Gasteiger partial charge is 0.278 e. The van der Waals surface area contributed by atoms with Gasteiger partial charge in [-0.1, -0.05) is 6.07 Å². The lowest BCUT2D eigenvalue weighted by Crippen LogP contribution is -2.05. The fourth-order valence-electron chi connectivity index (χ4n) is 1.55. The summed E-state index contributed by atoms with van der Waals surface area (Å²) in [5.74, 6) is 0. The van der Waals surface area contributed by atoms with Crippen molar-refractivity contribution in [1.82, 2.24) is 10.2 Å². The van der Waals surface area contributed by atoms with Gasteiger partial charge in [-0.2, -0.15) is 18.3 Å². The van der Waals surface area contributed by atoms with E-state index in [4.69, 9.17) is 0 Å². The van der Waals surface area contributed by atoms with Crippen LogP contribution in [0.4, 0.5) is 13.2 Å². The largest absolute Gasteiger partial charge is 0.416 e. The van der Waals surface area contributed by atoms with Crippen LogP contribution in [0.15, 0.2) is 30.5 Å². The SMILES string of the molecule is Cc1cc(C(F)(F)F)ccc1-c1ccn[nH]1. The molecule has 0 unspecified atom stereocenters. The average Bonchev–Trinajstić information content (AvgIpc) is 2.69. The molecule has 0 aliphatic heterocycles. The van der Waals surface area contributed by atoms with E-state index in [1.807, 2.05) is 0 Å². The standard InChI is InChI=1S/C11H9F3N2/c1-7-6-8(11(12,13)14)2-3-9(7)10-4-5-15-16-10/h2-6H,1H3,(H,15,16). The van der Waals surface area contributed by atoms with Crippen molar-refractivity contribution in [2.45, 2.75) is 13.1 Å². The van der Waals surface area contributed by atoms with E-state index >= 15 is 0 Å². The summed E-state index contributed by atoms with van der Waals surface area (Å²) in [5.41, 5.74) is 1.38. The van der Waals surface area contributed by atoms with Crippen LogP contribution < -0.4 is 0 Å². The summed E-state index contributed by atoms with van der Waals surface area (Å²) in [7, 11) is 0. The lowest BCUT2D eigenvalue weighted by atomic mass is 10.0. The molecule has 84 valence electrons. The number of hydrogen-bond donors (Lipinski definition) is 1. The van der Waals surface area contributed by atoms with E-state index in [2.05, 4.69) is 10.2 Å². The number of halogens is 3. The van der Waals surface area contributed by atoms with E-state index in [1.54, 1.807) is 19.2 Å². The second-order valence-corrected chi connectivity index (χ2v) is 3.50. The molecule has 2 nitrogen and oxygen atoms in total. The Labute approximate surface area is 90.1 Å². The summed E-state index contributed by atoms with van der Waals surface area (Å²) in [6, 6.07) is 5.38. The number of rotatable bonds is 1. The molecule has 0 amide bonds. The Kier molecular flexibility index (Phi) is 2.46. The Bertz CT molecular complexity index is 486. The number of H-pyrrole nitrogens is 1. The zero-order valence-electron chi connectivity index (χ0n) is 8.47. The number of nitrogens with one attached hydrogen (secondary N) is 1. The predicted molar refractivity (Wildman–Crippen MR) is 53.8 cm³/mol. The maximum Gasteiger partial charge on any atom is 0.416 e. The fourth-order valence-corrected chi connectivity index (χ4v) is 1.55. The van der Waals surface area contributed by atoms with Gasteiger partial charge in [0, 0.05) is 11.8 Å². The molecule has 0 spiro atoms. The van der Waals surface area contributed by atoms with Crippen molar-refractivity contribution in [2.75, 3.05) is 0 Å². The molecule has 2 rings (SSSR count). The normalized spacial score (nSPS) is 11.8. The van der Waals surface area contributed by atoms with Crippen molar-refractivity contribution in [2.24, 2.45) is 0 Å². The van der Waals surface area contributed by atoms with E-state index < -0.39 is 11.7 Å². The third kappa shape index (κ3) is 1.93. The molecule has 1 aromatic heterocycles. The number of nitrogens with zero attached hydrogens (tertiary/aromatic N) is 1. The van der Waals surface area contributed by atoms with Crippen LogP contribution in [0.5, 0.6) is 0 Å². The highest BCUT2D eigenvalue weighted by Crippen LogP contribution is 2.32. The molecule has 0 bridgehead atoms. The van der Waals surface area contributed by atoms with E-state index in [0.29, 0.717) is 11.3 Å². The minimum atomic E-state index is -4.29. The maximum atomic E-state index is 12.4. The lowest BCUT2D eigenvalue weighted by molar-refractivity contribution is -0.137. The predicted octanol–water partition coefficient (Wildman–Crippen LogP) is 3.40. The second kappa shape index (κ2) is 3.66. The molecule has 0 saturated carbocycles. The fraction of sp³-hybridized carbons (Fsp3) is 0.182. The number of aromatic nitrogens is 2. The van der Waals surface area contributed by atoms with Gasteiger partial charge < -0.3 is 0 Å². The molecule has 1 N–H and O–H groups in total. The van der Waals surface area contributed by atoms with Gasteiger partial charge in [0.2, 0.25) is 0 Å². The summed E-state index contributed by atoms with van der Waals surface area (Å²) < 4.78 is 37.3. The Hall–Kier alpha value is -1.78. The molecular formula is C11H9F3N2. The van der Waals surface area contributed by atoms with Crippen LogP contribution in [0.1, 0.15) is 11.1 Å². The zero-order valence-corrected chi connectivity index (χ0v) is 8.47. The summed E-state index contributed by atoms with van der Waals surface area (Å²) in [6.07, 6.45) is -2.73. The highest BCUT2D eigenvalue weighted by atomic mass is 19.4. The van der Waals surface area contributed by atoms with Gasteiger partial charge in [-0.25, -0.2) is 0 Å². The molecular weight excluding hydrogens is 217 g/mol.